The van der Waals surface area contributed by atoms with E-state index in [0.717, 1.165) is 11.1 Å². The van der Waals surface area contributed by atoms with Crippen molar-refractivity contribution >= 4 is 17.5 Å². The minimum atomic E-state index is -0.280. The summed E-state index contributed by atoms with van der Waals surface area (Å²) in [5.41, 5.74) is 2.67. The van der Waals surface area contributed by atoms with Gasteiger partial charge in [-0.05, 0) is 48.7 Å². The molecule has 24 heavy (non-hydrogen) atoms. The Labute approximate surface area is 141 Å². The van der Waals surface area contributed by atoms with E-state index in [1.54, 1.807) is 18.2 Å². The molecule has 0 aliphatic heterocycles. The third kappa shape index (κ3) is 5.19. The number of nitrogens with one attached hydrogen (secondary N) is 1. The Morgan fingerprint density at radius 3 is 2.46 bits per heavy atom. The highest BCUT2D eigenvalue weighted by Gasteiger charge is 2.15. The lowest BCUT2D eigenvalue weighted by Gasteiger charge is -2.21. The van der Waals surface area contributed by atoms with E-state index in [1.165, 1.54) is 24.0 Å². The molecule has 0 saturated heterocycles. The van der Waals surface area contributed by atoms with Gasteiger partial charge >= 0.3 is 0 Å². The zero-order valence-corrected chi connectivity index (χ0v) is 13.9. The molecule has 0 heterocycles. The quantitative estimate of drug-likeness (QED) is 0.886. The summed E-state index contributed by atoms with van der Waals surface area (Å²) >= 11 is 0. The van der Waals surface area contributed by atoms with Gasteiger partial charge in [0.2, 0.25) is 11.8 Å². The van der Waals surface area contributed by atoms with Crippen LogP contribution < -0.4 is 10.2 Å². The summed E-state index contributed by atoms with van der Waals surface area (Å²) < 4.78 is 12.8. The molecule has 2 amide bonds. The predicted molar refractivity (Wildman–Crippen MR) is 92.3 cm³/mol. The van der Waals surface area contributed by atoms with Crippen molar-refractivity contribution in [1.82, 2.24) is 5.32 Å². The minimum Gasteiger partial charge on any atom is -0.354 e. The SMILES string of the molecule is CC(=O)N(CC(=O)NCCc1ccc(F)cc1)c1cccc(C)c1. The number of rotatable bonds is 6. The van der Waals surface area contributed by atoms with E-state index < -0.39 is 0 Å². The van der Waals surface area contributed by atoms with Crippen molar-refractivity contribution in [3.05, 3.63) is 65.5 Å². The molecule has 2 aromatic rings. The molecule has 0 aliphatic rings. The number of carbonyl (C=O) groups excluding carboxylic acids is 2. The van der Waals surface area contributed by atoms with Crippen LogP contribution >= 0.6 is 0 Å². The minimum absolute atomic E-state index is 0.0256. The third-order valence-corrected chi connectivity index (χ3v) is 3.64. The second-order valence-electron chi connectivity index (χ2n) is 5.67. The largest absolute Gasteiger partial charge is 0.354 e. The maximum absolute atomic E-state index is 12.8. The Bertz CT molecular complexity index is 714. The van der Waals surface area contributed by atoms with Crippen LogP contribution in [-0.2, 0) is 16.0 Å². The van der Waals surface area contributed by atoms with Gasteiger partial charge in [-0.3, -0.25) is 9.59 Å². The molecule has 0 fully saturated rings. The molecule has 2 aromatic carbocycles. The maximum atomic E-state index is 12.8. The average Bonchev–Trinajstić information content (AvgIpc) is 2.54. The molecule has 0 saturated carbocycles. The summed E-state index contributed by atoms with van der Waals surface area (Å²) in [7, 11) is 0. The molecule has 0 bridgehead atoms. The molecule has 0 unspecified atom stereocenters. The average molecular weight is 328 g/mol. The number of hydrogen-bond acceptors (Lipinski definition) is 2. The van der Waals surface area contributed by atoms with Crippen LogP contribution in [0, 0.1) is 12.7 Å². The summed E-state index contributed by atoms with van der Waals surface area (Å²) in [6.45, 7) is 3.78. The van der Waals surface area contributed by atoms with Crippen molar-refractivity contribution in [2.75, 3.05) is 18.0 Å². The first-order valence-electron chi connectivity index (χ1n) is 7.81. The molecule has 0 aliphatic carbocycles. The van der Waals surface area contributed by atoms with Gasteiger partial charge in [0.05, 0.1) is 0 Å². The summed E-state index contributed by atoms with van der Waals surface area (Å²) in [6.07, 6.45) is 0.608. The standard InChI is InChI=1S/C19H21FN2O2/c1-14-4-3-5-18(12-14)22(15(2)23)13-19(24)21-11-10-16-6-8-17(20)9-7-16/h3-9,12H,10-11,13H2,1-2H3,(H,21,24). The fraction of sp³-hybridized carbons (Fsp3) is 0.263. The van der Waals surface area contributed by atoms with Crippen molar-refractivity contribution in [2.45, 2.75) is 20.3 Å². The summed E-state index contributed by atoms with van der Waals surface area (Å²) in [4.78, 5) is 25.4. The molecular formula is C19H21FN2O2. The van der Waals surface area contributed by atoms with Gasteiger partial charge in [-0.1, -0.05) is 24.3 Å². The van der Waals surface area contributed by atoms with Crippen LogP contribution in [-0.4, -0.2) is 24.9 Å². The zero-order valence-electron chi connectivity index (χ0n) is 13.9. The van der Waals surface area contributed by atoms with E-state index in [0.29, 0.717) is 18.7 Å². The van der Waals surface area contributed by atoms with Crippen LogP contribution in [0.1, 0.15) is 18.1 Å². The van der Waals surface area contributed by atoms with Gasteiger partial charge in [0.1, 0.15) is 12.4 Å². The van der Waals surface area contributed by atoms with Crippen LogP contribution in [0.2, 0.25) is 0 Å². The van der Waals surface area contributed by atoms with Crippen LogP contribution in [0.3, 0.4) is 0 Å². The third-order valence-electron chi connectivity index (χ3n) is 3.64. The maximum Gasteiger partial charge on any atom is 0.240 e. The summed E-state index contributed by atoms with van der Waals surface area (Å²) in [6, 6.07) is 13.6. The Morgan fingerprint density at radius 1 is 1.12 bits per heavy atom. The number of amides is 2. The highest BCUT2D eigenvalue weighted by Crippen LogP contribution is 2.15. The topological polar surface area (TPSA) is 49.4 Å². The lowest BCUT2D eigenvalue weighted by atomic mass is 10.1. The lowest BCUT2D eigenvalue weighted by Crippen LogP contribution is -2.40. The first-order chi connectivity index (χ1) is 11.5. The molecule has 5 heteroatoms. The van der Waals surface area contributed by atoms with Crippen molar-refractivity contribution in [1.29, 1.82) is 0 Å². The number of nitrogens with zero attached hydrogens (tertiary/aromatic N) is 1. The van der Waals surface area contributed by atoms with Gasteiger partial charge < -0.3 is 10.2 Å². The highest BCUT2D eigenvalue weighted by molar-refractivity contribution is 5.97. The Hall–Kier alpha value is -2.69. The van der Waals surface area contributed by atoms with E-state index in [9.17, 15) is 14.0 Å². The highest BCUT2D eigenvalue weighted by atomic mass is 19.1. The second kappa shape index (κ2) is 8.24. The van der Waals surface area contributed by atoms with Crippen molar-refractivity contribution < 1.29 is 14.0 Å². The van der Waals surface area contributed by atoms with Crippen molar-refractivity contribution in [3.8, 4) is 0 Å². The van der Waals surface area contributed by atoms with E-state index in [-0.39, 0.29) is 24.2 Å². The fourth-order valence-electron chi connectivity index (χ4n) is 2.38. The van der Waals surface area contributed by atoms with Crippen LogP contribution in [0.25, 0.3) is 0 Å². The second-order valence-corrected chi connectivity index (χ2v) is 5.67. The molecule has 0 atom stereocenters. The van der Waals surface area contributed by atoms with Gasteiger partial charge in [0, 0.05) is 19.2 Å². The smallest absolute Gasteiger partial charge is 0.240 e. The number of carbonyl (C=O) groups is 2. The van der Waals surface area contributed by atoms with Gasteiger partial charge in [0.25, 0.3) is 0 Å². The first-order valence-corrected chi connectivity index (χ1v) is 7.81. The molecule has 0 aromatic heterocycles. The molecule has 2 rings (SSSR count). The molecule has 1 N–H and O–H groups in total. The van der Waals surface area contributed by atoms with Crippen LogP contribution in [0.4, 0.5) is 10.1 Å². The van der Waals surface area contributed by atoms with E-state index in [2.05, 4.69) is 5.32 Å². The predicted octanol–water partition coefficient (Wildman–Crippen LogP) is 2.85. The monoisotopic (exact) mass is 328 g/mol. The molecular weight excluding hydrogens is 307 g/mol. The summed E-state index contributed by atoms with van der Waals surface area (Å²) in [5, 5.41) is 2.79. The Kier molecular flexibility index (Phi) is 6.07. The Morgan fingerprint density at radius 2 is 1.83 bits per heavy atom. The van der Waals surface area contributed by atoms with Gasteiger partial charge in [-0.25, -0.2) is 4.39 Å². The Balaban J connectivity index is 1.89. The zero-order chi connectivity index (χ0) is 17.5. The van der Waals surface area contributed by atoms with E-state index >= 15 is 0 Å². The molecule has 4 nitrogen and oxygen atoms in total. The van der Waals surface area contributed by atoms with Crippen molar-refractivity contribution in [2.24, 2.45) is 0 Å². The van der Waals surface area contributed by atoms with Crippen LogP contribution in [0.5, 0.6) is 0 Å². The van der Waals surface area contributed by atoms with Gasteiger partial charge in [-0.2, -0.15) is 0 Å². The van der Waals surface area contributed by atoms with E-state index in [4.69, 9.17) is 0 Å². The lowest BCUT2D eigenvalue weighted by molar-refractivity contribution is -0.123. The van der Waals surface area contributed by atoms with Gasteiger partial charge in [-0.15, -0.1) is 0 Å². The number of hydrogen-bond donors (Lipinski definition) is 1. The number of aryl methyl sites for hydroxylation is 1. The van der Waals surface area contributed by atoms with Crippen molar-refractivity contribution in [3.63, 3.8) is 0 Å². The molecule has 0 radical (unpaired) electrons. The normalized spacial score (nSPS) is 10.3. The van der Waals surface area contributed by atoms with E-state index in [1.807, 2.05) is 25.1 Å². The van der Waals surface area contributed by atoms with Crippen LogP contribution in [0.15, 0.2) is 48.5 Å². The first kappa shape index (κ1) is 17.7. The summed E-state index contributed by atoms with van der Waals surface area (Å²) in [5.74, 6) is -0.693. The number of halogens is 1. The number of anilines is 1. The molecule has 126 valence electrons. The van der Waals surface area contributed by atoms with Gasteiger partial charge in [0.15, 0.2) is 0 Å². The fourth-order valence-corrected chi connectivity index (χ4v) is 2.38. The molecule has 0 spiro atoms. The number of benzene rings is 2.